The van der Waals surface area contributed by atoms with Crippen molar-refractivity contribution < 1.29 is 4.74 Å². The second-order valence-electron chi connectivity index (χ2n) is 5.87. The lowest BCUT2D eigenvalue weighted by Gasteiger charge is -2.37. The summed E-state index contributed by atoms with van der Waals surface area (Å²) in [7, 11) is 0. The van der Waals surface area contributed by atoms with Gasteiger partial charge in [-0.15, -0.1) is 0 Å². The highest BCUT2D eigenvalue weighted by Gasteiger charge is 2.27. The Morgan fingerprint density at radius 3 is 2.76 bits per heavy atom. The molecule has 94 valence electrons. The molecule has 0 amide bonds. The zero-order valence-corrected chi connectivity index (χ0v) is 11.3. The number of hydrogen-bond donors (Lipinski definition) is 1. The highest BCUT2D eigenvalue weighted by atomic mass is 16.5. The van der Waals surface area contributed by atoms with Gasteiger partial charge in [-0.3, -0.25) is 0 Å². The number of morpholine rings is 1. The van der Waals surface area contributed by atoms with E-state index in [-0.39, 0.29) is 5.54 Å². The number of hydrogen-bond acceptors (Lipinski definition) is 2. The monoisotopic (exact) mass is 233 g/mol. The quantitative estimate of drug-likeness (QED) is 0.848. The molecule has 0 saturated carbocycles. The predicted octanol–water partition coefficient (Wildman–Crippen LogP) is 2.61. The lowest BCUT2D eigenvalue weighted by atomic mass is 9.96. The van der Waals surface area contributed by atoms with Gasteiger partial charge in [0.15, 0.2) is 0 Å². The fourth-order valence-corrected chi connectivity index (χ4v) is 2.54. The summed E-state index contributed by atoms with van der Waals surface area (Å²) in [5, 5.41) is 3.66. The Bertz CT molecular complexity index is 398. The van der Waals surface area contributed by atoms with Gasteiger partial charge in [-0.2, -0.15) is 0 Å². The maximum absolute atomic E-state index is 5.67. The SMILES string of the molecule is Cc1ccc(CC2COCC(C)(C)N2)c(C)c1. The Balaban J connectivity index is 2.05. The minimum atomic E-state index is 0.0987. The average Bonchev–Trinajstić information content (AvgIpc) is 2.21. The standard InChI is InChI=1S/C15H23NO/c1-11-5-6-13(12(2)7-11)8-14-9-17-10-15(3,4)16-14/h5-7,14,16H,8-10H2,1-4H3. The van der Waals surface area contributed by atoms with Gasteiger partial charge in [0.25, 0.3) is 0 Å². The van der Waals surface area contributed by atoms with Gasteiger partial charge in [0.05, 0.1) is 13.2 Å². The summed E-state index contributed by atoms with van der Waals surface area (Å²) < 4.78 is 5.67. The molecule has 0 aliphatic carbocycles. The largest absolute Gasteiger partial charge is 0.378 e. The minimum Gasteiger partial charge on any atom is -0.378 e. The third-order valence-electron chi connectivity index (χ3n) is 3.34. The molecule has 1 aliphatic rings. The molecule has 0 spiro atoms. The van der Waals surface area contributed by atoms with Crippen LogP contribution >= 0.6 is 0 Å². The number of aryl methyl sites for hydroxylation is 2. The van der Waals surface area contributed by atoms with Crippen molar-refractivity contribution in [2.24, 2.45) is 0 Å². The fraction of sp³-hybridized carbons (Fsp3) is 0.600. The van der Waals surface area contributed by atoms with E-state index in [0.29, 0.717) is 6.04 Å². The minimum absolute atomic E-state index is 0.0987. The summed E-state index contributed by atoms with van der Waals surface area (Å²) >= 11 is 0. The third-order valence-corrected chi connectivity index (χ3v) is 3.34. The molecule has 1 aromatic rings. The normalized spacial score (nSPS) is 23.6. The first-order valence-electron chi connectivity index (χ1n) is 6.38. The Labute approximate surface area is 104 Å². The molecular weight excluding hydrogens is 210 g/mol. The van der Waals surface area contributed by atoms with Gasteiger partial charge in [-0.25, -0.2) is 0 Å². The van der Waals surface area contributed by atoms with Crippen molar-refractivity contribution in [3.05, 3.63) is 34.9 Å². The van der Waals surface area contributed by atoms with E-state index in [2.05, 4.69) is 51.2 Å². The van der Waals surface area contributed by atoms with Crippen LogP contribution in [0.1, 0.15) is 30.5 Å². The molecule has 1 heterocycles. The van der Waals surface area contributed by atoms with Gasteiger partial charge in [0.2, 0.25) is 0 Å². The van der Waals surface area contributed by atoms with Crippen molar-refractivity contribution >= 4 is 0 Å². The van der Waals surface area contributed by atoms with Crippen molar-refractivity contribution in [1.82, 2.24) is 5.32 Å². The highest BCUT2D eigenvalue weighted by Crippen LogP contribution is 2.17. The summed E-state index contributed by atoms with van der Waals surface area (Å²) in [6.45, 7) is 10.3. The van der Waals surface area contributed by atoms with Gasteiger partial charge in [0.1, 0.15) is 0 Å². The molecule has 1 aromatic carbocycles. The molecule has 1 aliphatic heterocycles. The van der Waals surface area contributed by atoms with E-state index in [0.717, 1.165) is 19.6 Å². The molecule has 0 aromatic heterocycles. The zero-order valence-electron chi connectivity index (χ0n) is 11.3. The topological polar surface area (TPSA) is 21.3 Å². The number of benzene rings is 1. The van der Waals surface area contributed by atoms with E-state index in [4.69, 9.17) is 4.74 Å². The van der Waals surface area contributed by atoms with Gasteiger partial charge < -0.3 is 10.1 Å². The Morgan fingerprint density at radius 1 is 1.35 bits per heavy atom. The summed E-state index contributed by atoms with van der Waals surface area (Å²) in [4.78, 5) is 0. The van der Waals surface area contributed by atoms with Gasteiger partial charge in [-0.1, -0.05) is 23.8 Å². The van der Waals surface area contributed by atoms with Gasteiger partial charge in [0, 0.05) is 11.6 Å². The van der Waals surface area contributed by atoms with Gasteiger partial charge >= 0.3 is 0 Å². The summed E-state index contributed by atoms with van der Waals surface area (Å²) in [6, 6.07) is 7.12. The summed E-state index contributed by atoms with van der Waals surface area (Å²) in [5.74, 6) is 0. The van der Waals surface area contributed by atoms with E-state index >= 15 is 0 Å². The van der Waals surface area contributed by atoms with E-state index in [1.807, 2.05) is 0 Å². The molecule has 1 atom stereocenters. The first kappa shape index (κ1) is 12.6. The maximum atomic E-state index is 5.67. The molecule has 17 heavy (non-hydrogen) atoms. The molecule has 1 saturated heterocycles. The van der Waals surface area contributed by atoms with Gasteiger partial charge in [-0.05, 0) is 45.2 Å². The van der Waals surface area contributed by atoms with Crippen LogP contribution in [0.3, 0.4) is 0 Å². The Morgan fingerprint density at radius 2 is 2.12 bits per heavy atom. The van der Waals surface area contributed by atoms with Crippen molar-refractivity contribution in [2.45, 2.75) is 45.7 Å². The average molecular weight is 233 g/mol. The molecule has 0 bridgehead atoms. The molecule has 1 unspecified atom stereocenters. The van der Waals surface area contributed by atoms with Crippen LogP contribution in [0, 0.1) is 13.8 Å². The van der Waals surface area contributed by atoms with Crippen molar-refractivity contribution in [3.8, 4) is 0 Å². The molecule has 1 N–H and O–H groups in total. The van der Waals surface area contributed by atoms with Crippen LogP contribution in [-0.4, -0.2) is 24.8 Å². The Hall–Kier alpha value is -0.860. The lowest BCUT2D eigenvalue weighted by Crippen LogP contribution is -2.56. The summed E-state index contributed by atoms with van der Waals surface area (Å²) in [5.41, 5.74) is 4.24. The second kappa shape index (κ2) is 4.79. The first-order chi connectivity index (χ1) is 7.96. The first-order valence-corrected chi connectivity index (χ1v) is 6.38. The van der Waals surface area contributed by atoms with E-state index in [9.17, 15) is 0 Å². The number of rotatable bonds is 2. The molecule has 2 rings (SSSR count). The second-order valence-corrected chi connectivity index (χ2v) is 5.87. The fourth-order valence-electron chi connectivity index (χ4n) is 2.54. The van der Waals surface area contributed by atoms with Crippen LogP contribution in [0.5, 0.6) is 0 Å². The third kappa shape index (κ3) is 3.30. The summed E-state index contributed by atoms with van der Waals surface area (Å²) in [6.07, 6.45) is 1.05. The molecular formula is C15H23NO. The van der Waals surface area contributed by atoms with Crippen LogP contribution in [0.25, 0.3) is 0 Å². The number of ether oxygens (including phenoxy) is 1. The van der Waals surface area contributed by atoms with Crippen molar-refractivity contribution in [2.75, 3.05) is 13.2 Å². The molecule has 0 radical (unpaired) electrons. The molecule has 1 fully saturated rings. The van der Waals surface area contributed by atoms with Crippen LogP contribution in [-0.2, 0) is 11.2 Å². The molecule has 2 heteroatoms. The van der Waals surface area contributed by atoms with Crippen molar-refractivity contribution in [1.29, 1.82) is 0 Å². The van der Waals surface area contributed by atoms with Crippen LogP contribution < -0.4 is 5.32 Å². The van der Waals surface area contributed by atoms with E-state index < -0.39 is 0 Å². The van der Waals surface area contributed by atoms with Crippen LogP contribution in [0.15, 0.2) is 18.2 Å². The number of nitrogens with one attached hydrogen (secondary N) is 1. The highest BCUT2D eigenvalue weighted by molar-refractivity contribution is 5.31. The van der Waals surface area contributed by atoms with E-state index in [1.54, 1.807) is 0 Å². The molecule has 2 nitrogen and oxygen atoms in total. The smallest absolute Gasteiger partial charge is 0.0643 e. The zero-order chi connectivity index (χ0) is 12.5. The lowest BCUT2D eigenvalue weighted by molar-refractivity contribution is 0.0135. The van der Waals surface area contributed by atoms with Crippen LogP contribution in [0.4, 0.5) is 0 Å². The maximum Gasteiger partial charge on any atom is 0.0643 e. The predicted molar refractivity (Wildman–Crippen MR) is 71.4 cm³/mol. The Kier molecular flexibility index (Phi) is 3.55. The van der Waals surface area contributed by atoms with Crippen LogP contribution in [0.2, 0.25) is 0 Å². The van der Waals surface area contributed by atoms with Crippen molar-refractivity contribution in [3.63, 3.8) is 0 Å². The van der Waals surface area contributed by atoms with E-state index in [1.165, 1.54) is 16.7 Å².